The summed E-state index contributed by atoms with van der Waals surface area (Å²) in [5.74, 6) is -0.230. The average molecular weight is 243 g/mol. The van der Waals surface area contributed by atoms with Crippen LogP contribution in [0.4, 0.5) is 0 Å². The van der Waals surface area contributed by atoms with Crippen molar-refractivity contribution in [1.82, 2.24) is 5.32 Å². The van der Waals surface area contributed by atoms with Crippen LogP contribution in [-0.2, 0) is 9.59 Å². The monoisotopic (exact) mass is 243 g/mol. The molecule has 0 aliphatic rings. The molecule has 0 radical (unpaired) electrons. The van der Waals surface area contributed by atoms with E-state index in [1.807, 2.05) is 0 Å². The lowest BCUT2D eigenvalue weighted by atomic mass is 9.85. The molecule has 4 heteroatoms. The molecule has 0 aromatic rings. The van der Waals surface area contributed by atoms with Crippen LogP contribution >= 0.6 is 0 Å². The van der Waals surface area contributed by atoms with Crippen LogP contribution < -0.4 is 5.32 Å². The zero-order valence-electron chi connectivity index (χ0n) is 11.7. The lowest BCUT2D eigenvalue weighted by Crippen LogP contribution is -2.45. The maximum Gasteiger partial charge on any atom is 0.318 e. The highest BCUT2D eigenvalue weighted by Crippen LogP contribution is 2.21. The molecule has 0 rings (SSSR count). The third-order valence-corrected chi connectivity index (χ3v) is 3.31. The molecule has 2 N–H and O–H groups in total. The summed E-state index contributed by atoms with van der Waals surface area (Å²) in [6, 6.07) is 0. The van der Waals surface area contributed by atoms with Crippen LogP contribution in [0.15, 0.2) is 0 Å². The molecule has 0 aromatic heterocycles. The maximum atomic E-state index is 11.8. The molecular formula is C13H25NO3. The Morgan fingerprint density at radius 1 is 1.12 bits per heavy atom. The van der Waals surface area contributed by atoms with Crippen LogP contribution in [-0.4, -0.2) is 23.5 Å². The summed E-state index contributed by atoms with van der Waals surface area (Å²) in [4.78, 5) is 22.7. The van der Waals surface area contributed by atoms with E-state index >= 15 is 0 Å². The molecular weight excluding hydrogens is 218 g/mol. The standard InChI is InChI=1S/C13H25NO3/c1-8(2)10(9(3)4)7-14-11(15)13(5,6)12(16)17/h8-10H,7H2,1-6H3,(H,14,15)(H,16,17). The van der Waals surface area contributed by atoms with Crippen molar-refractivity contribution in [2.75, 3.05) is 6.54 Å². The van der Waals surface area contributed by atoms with Crippen molar-refractivity contribution < 1.29 is 14.7 Å². The maximum absolute atomic E-state index is 11.8. The third-order valence-electron chi connectivity index (χ3n) is 3.31. The quantitative estimate of drug-likeness (QED) is 0.702. The first-order valence-corrected chi connectivity index (χ1v) is 6.12. The minimum Gasteiger partial charge on any atom is -0.480 e. The number of hydrogen-bond acceptors (Lipinski definition) is 2. The van der Waals surface area contributed by atoms with Crippen molar-refractivity contribution in [3.05, 3.63) is 0 Å². The van der Waals surface area contributed by atoms with E-state index in [9.17, 15) is 9.59 Å². The Hall–Kier alpha value is -1.06. The number of aliphatic carboxylic acids is 1. The highest BCUT2D eigenvalue weighted by Gasteiger charge is 2.36. The first-order chi connectivity index (χ1) is 7.60. The predicted molar refractivity (Wildman–Crippen MR) is 67.6 cm³/mol. The summed E-state index contributed by atoms with van der Waals surface area (Å²) in [5, 5.41) is 11.7. The number of carboxylic acid groups (broad SMARTS) is 1. The first kappa shape index (κ1) is 15.9. The Kier molecular flexibility index (Phi) is 5.66. The van der Waals surface area contributed by atoms with Crippen molar-refractivity contribution >= 4 is 11.9 Å². The molecule has 0 unspecified atom stereocenters. The zero-order valence-corrected chi connectivity index (χ0v) is 11.7. The molecule has 17 heavy (non-hydrogen) atoms. The Balaban J connectivity index is 4.47. The smallest absolute Gasteiger partial charge is 0.318 e. The average Bonchev–Trinajstić information content (AvgIpc) is 2.15. The summed E-state index contributed by atoms with van der Waals surface area (Å²) in [5.41, 5.74) is -1.36. The van der Waals surface area contributed by atoms with Gasteiger partial charge in [-0.3, -0.25) is 9.59 Å². The minimum atomic E-state index is -1.36. The van der Waals surface area contributed by atoms with Gasteiger partial charge in [0.2, 0.25) is 5.91 Å². The number of amides is 1. The van der Waals surface area contributed by atoms with E-state index in [2.05, 4.69) is 33.0 Å². The molecule has 4 nitrogen and oxygen atoms in total. The van der Waals surface area contributed by atoms with Gasteiger partial charge in [0.25, 0.3) is 0 Å². The molecule has 0 fully saturated rings. The van der Waals surface area contributed by atoms with Crippen LogP contribution in [0.3, 0.4) is 0 Å². The summed E-state index contributed by atoms with van der Waals surface area (Å²) >= 11 is 0. The number of hydrogen-bond donors (Lipinski definition) is 2. The van der Waals surface area contributed by atoms with Gasteiger partial charge < -0.3 is 10.4 Å². The van der Waals surface area contributed by atoms with Crippen LogP contribution in [0.2, 0.25) is 0 Å². The first-order valence-electron chi connectivity index (χ1n) is 6.12. The topological polar surface area (TPSA) is 66.4 Å². The summed E-state index contributed by atoms with van der Waals surface area (Å²) in [6.45, 7) is 11.8. The Morgan fingerprint density at radius 3 is 1.82 bits per heavy atom. The van der Waals surface area contributed by atoms with Gasteiger partial charge in [-0.05, 0) is 31.6 Å². The molecule has 0 aliphatic carbocycles. The van der Waals surface area contributed by atoms with Gasteiger partial charge in [0.15, 0.2) is 0 Å². The van der Waals surface area contributed by atoms with Crippen molar-refractivity contribution in [3.63, 3.8) is 0 Å². The number of carbonyl (C=O) groups is 2. The van der Waals surface area contributed by atoms with E-state index in [-0.39, 0.29) is 0 Å². The molecule has 100 valence electrons. The molecule has 0 spiro atoms. The Morgan fingerprint density at radius 2 is 1.53 bits per heavy atom. The number of carbonyl (C=O) groups excluding carboxylic acids is 1. The van der Waals surface area contributed by atoms with Crippen LogP contribution in [0.5, 0.6) is 0 Å². The largest absolute Gasteiger partial charge is 0.480 e. The van der Waals surface area contributed by atoms with Gasteiger partial charge in [-0.1, -0.05) is 27.7 Å². The zero-order chi connectivity index (χ0) is 13.8. The predicted octanol–water partition coefficient (Wildman–Crippen LogP) is 2.14. The fourth-order valence-corrected chi connectivity index (χ4v) is 1.77. The van der Waals surface area contributed by atoms with Crippen molar-refractivity contribution in [2.24, 2.45) is 23.2 Å². The molecule has 0 saturated carbocycles. The van der Waals surface area contributed by atoms with Crippen LogP contribution in [0, 0.1) is 23.2 Å². The normalized spacial score (nSPS) is 12.3. The van der Waals surface area contributed by atoms with Gasteiger partial charge in [0.05, 0.1) is 0 Å². The van der Waals surface area contributed by atoms with Crippen molar-refractivity contribution in [2.45, 2.75) is 41.5 Å². The second-order valence-corrected chi connectivity index (χ2v) is 5.79. The fourth-order valence-electron chi connectivity index (χ4n) is 1.77. The number of carboxylic acids is 1. The second kappa shape index (κ2) is 6.03. The molecule has 0 heterocycles. The van der Waals surface area contributed by atoms with E-state index in [0.717, 1.165) is 0 Å². The van der Waals surface area contributed by atoms with Crippen LogP contribution in [0.1, 0.15) is 41.5 Å². The lowest BCUT2D eigenvalue weighted by Gasteiger charge is -2.27. The van der Waals surface area contributed by atoms with E-state index in [0.29, 0.717) is 24.3 Å². The van der Waals surface area contributed by atoms with Gasteiger partial charge >= 0.3 is 5.97 Å². The van der Waals surface area contributed by atoms with Crippen molar-refractivity contribution in [1.29, 1.82) is 0 Å². The molecule has 0 saturated heterocycles. The lowest BCUT2D eigenvalue weighted by molar-refractivity contribution is -0.153. The van der Waals surface area contributed by atoms with E-state index in [4.69, 9.17) is 5.11 Å². The van der Waals surface area contributed by atoms with E-state index in [1.54, 1.807) is 0 Å². The van der Waals surface area contributed by atoms with E-state index < -0.39 is 17.3 Å². The Bertz CT molecular complexity index is 274. The minimum absolute atomic E-state index is 0.364. The van der Waals surface area contributed by atoms with Crippen molar-refractivity contribution in [3.8, 4) is 0 Å². The number of nitrogens with one attached hydrogen (secondary N) is 1. The highest BCUT2D eigenvalue weighted by molar-refractivity contribution is 6.00. The third kappa shape index (κ3) is 4.36. The molecule has 0 atom stereocenters. The van der Waals surface area contributed by atoms with Gasteiger partial charge in [0, 0.05) is 6.54 Å². The van der Waals surface area contributed by atoms with E-state index in [1.165, 1.54) is 13.8 Å². The summed E-state index contributed by atoms with van der Waals surface area (Å²) in [7, 11) is 0. The molecule has 0 aliphatic heterocycles. The number of rotatable bonds is 6. The summed E-state index contributed by atoms with van der Waals surface area (Å²) in [6.07, 6.45) is 0. The fraction of sp³-hybridized carbons (Fsp3) is 0.846. The van der Waals surface area contributed by atoms with Gasteiger partial charge in [-0.15, -0.1) is 0 Å². The van der Waals surface area contributed by atoms with Gasteiger partial charge in [-0.2, -0.15) is 0 Å². The highest BCUT2D eigenvalue weighted by atomic mass is 16.4. The van der Waals surface area contributed by atoms with Gasteiger partial charge in [-0.25, -0.2) is 0 Å². The summed E-state index contributed by atoms with van der Waals surface area (Å²) < 4.78 is 0. The SMILES string of the molecule is CC(C)C(CNC(=O)C(C)(C)C(=O)O)C(C)C. The van der Waals surface area contributed by atoms with Crippen LogP contribution in [0.25, 0.3) is 0 Å². The Labute approximate surface area is 104 Å². The molecule has 1 amide bonds. The second-order valence-electron chi connectivity index (χ2n) is 5.79. The molecule has 0 aromatic carbocycles. The van der Waals surface area contributed by atoms with Gasteiger partial charge in [0.1, 0.15) is 5.41 Å². The molecule has 0 bridgehead atoms.